The summed E-state index contributed by atoms with van der Waals surface area (Å²) in [6, 6.07) is 17.3. The highest BCUT2D eigenvalue weighted by molar-refractivity contribution is 5.83. The van der Waals surface area contributed by atoms with Crippen molar-refractivity contribution in [3.63, 3.8) is 0 Å². The van der Waals surface area contributed by atoms with E-state index >= 15 is 0 Å². The van der Waals surface area contributed by atoms with E-state index in [2.05, 4.69) is 5.32 Å². The smallest absolute Gasteiger partial charge is 0.227 e. The molecule has 0 fully saturated rings. The molecule has 3 rings (SSSR count). The molecule has 3 atom stereocenters. The Labute approximate surface area is 124 Å². The predicted octanol–water partition coefficient (Wildman–Crippen LogP) is 2.56. The van der Waals surface area contributed by atoms with E-state index in [1.54, 1.807) is 0 Å². The molecule has 0 saturated heterocycles. The molecule has 108 valence electrons. The Balaban J connectivity index is 1.70. The van der Waals surface area contributed by atoms with Crippen LogP contribution in [0, 0.1) is 0 Å². The minimum Gasteiger partial charge on any atom is -0.386 e. The van der Waals surface area contributed by atoms with Gasteiger partial charge in [-0.2, -0.15) is 0 Å². The first-order chi connectivity index (χ1) is 10.2. The molecule has 3 heteroatoms. The summed E-state index contributed by atoms with van der Waals surface area (Å²) < 4.78 is 0. The van der Waals surface area contributed by atoms with E-state index in [1.807, 2.05) is 61.5 Å². The lowest BCUT2D eigenvalue weighted by molar-refractivity contribution is -0.123. The lowest BCUT2D eigenvalue weighted by atomic mass is 10.00. The highest BCUT2D eigenvalue weighted by Crippen LogP contribution is 2.31. The molecule has 1 amide bonds. The van der Waals surface area contributed by atoms with Crippen LogP contribution in [0.3, 0.4) is 0 Å². The third kappa shape index (κ3) is 2.69. The van der Waals surface area contributed by atoms with Crippen molar-refractivity contribution in [2.45, 2.75) is 31.4 Å². The predicted molar refractivity (Wildman–Crippen MR) is 81.9 cm³/mol. The van der Waals surface area contributed by atoms with Crippen molar-refractivity contribution in [3.05, 3.63) is 71.3 Å². The second kappa shape index (κ2) is 5.70. The molecule has 0 bridgehead atoms. The average molecular weight is 281 g/mol. The summed E-state index contributed by atoms with van der Waals surface area (Å²) in [5.74, 6) is -0.264. The SMILES string of the molecule is CC(C(=O)N[C@@H]1Cc2ccccc2[C@H]1O)c1ccccc1. The molecule has 2 N–H and O–H groups in total. The molecule has 1 aliphatic rings. The second-order valence-corrected chi connectivity index (χ2v) is 5.60. The molecule has 2 aromatic rings. The maximum atomic E-state index is 12.4. The molecule has 0 aromatic heterocycles. The van der Waals surface area contributed by atoms with Crippen molar-refractivity contribution in [3.8, 4) is 0 Å². The molecule has 0 saturated carbocycles. The van der Waals surface area contributed by atoms with Gasteiger partial charge in [-0.3, -0.25) is 4.79 Å². The first-order valence-electron chi connectivity index (χ1n) is 7.28. The average Bonchev–Trinajstić information content (AvgIpc) is 2.84. The Bertz CT molecular complexity index is 639. The highest BCUT2D eigenvalue weighted by atomic mass is 16.3. The fourth-order valence-electron chi connectivity index (χ4n) is 2.90. The van der Waals surface area contributed by atoms with Gasteiger partial charge in [-0.25, -0.2) is 0 Å². The largest absolute Gasteiger partial charge is 0.386 e. The van der Waals surface area contributed by atoms with Gasteiger partial charge in [0.15, 0.2) is 0 Å². The van der Waals surface area contributed by atoms with E-state index in [4.69, 9.17) is 0 Å². The molecule has 0 heterocycles. The molecule has 21 heavy (non-hydrogen) atoms. The normalized spacial score (nSPS) is 21.6. The van der Waals surface area contributed by atoms with Crippen LogP contribution in [0.4, 0.5) is 0 Å². The summed E-state index contributed by atoms with van der Waals surface area (Å²) in [5.41, 5.74) is 3.03. The van der Waals surface area contributed by atoms with Crippen molar-refractivity contribution in [2.24, 2.45) is 0 Å². The van der Waals surface area contributed by atoms with Gasteiger partial charge in [0.2, 0.25) is 5.91 Å². The molecular formula is C18H19NO2. The maximum absolute atomic E-state index is 12.4. The number of fused-ring (bicyclic) bond motifs is 1. The van der Waals surface area contributed by atoms with Gasteiger partial charge in [0.1, 0.15) is 0 Å². The third-order valence-electron chi connectivity index (χ3n) is 4.22. The third-order valence-corrected chi connectivity index (χ3v) is 4.22. The number of rotatable bonds is 3. The number of benzene rings is 2. The molecule has 3 nitrogen and oxygen atoms in total. The van der Waals surface area contributed by atoms with Gasteiger partial charge < -0.3 is 10.4 Å². The standard InChI is InChI=1S/C18H19NO2/c1-12(13-7-3-2-4-8-13)18(21)19-16-11-14-9-5-6-10-15(14)17(16)20/h2-10,12,16-17,20H,11H2,1H3,(H,19,21)/t12?,16-,17-/m1/s1. The second-order valence-electron chi connectivity index (χ2n) is 5.60. The topological polar surface area (TPSA) is 49.3 Å². The Morgan fingerprint density at radius 2 is 1.81 bits per heavy atom. The number of carbonyl (C=O) groups is 1. The quantitative estimate of drug-likeness (QED) is 0.908. The molecular weight excluding hydrogens is 262 g/mol. The minimum absolute atomic E-state index is 0.0435. The van der Waals surface area contributed by atoms with E-state index in [-0.39, 0.29) is 17.9 Å². The number of aliphatic hydroxyl groups excluding tert-OH is 1. The van der Waals surface area contributed by atoms with E-state index in [0.717, 1.165) is 16.7 Å². The Kier molecular flexibility index (Phi) is 3.76. The number of hydrogen-bond acceptors (Lipinski definition) is 2. The highest BCUT2D eigenvalue weighted by Gasteiger charge is 2.32. The zero-order chi connectivity index (χ0) is 14.8. The minimum atomic E-state index is -0.617. The van der Waals surface area contributed by atoms with Crippen molar-refractivity contribution in [1.29, 1.82) is 0 Å². The number of hydrogen-bond donors (Lipinski definition) is 2. The van der Waals surface area contributed by atoms with Gasteiger partial charge in [0, 0.05) is 0 Å². The van der Waals surface area contributed by atoms with E-state index in [0.29, 0.717) is 6.42 Å². The monoisotopic (exact) mass is 281 g/mol. The van der Waals surface area contributed by atoms with Gasteiger partial charge in [-0.15, -0.1) is 0 Å². The summed E-state index contributed by atoms with van der Waals surface area (Å²) in [5, 5.41) is 13.3. The summed E-state index contributed by atoms with van der Waals surface area (Å²) >= 11 is 0. The Morgan fingerprint density at radius 1 is 1.14 bits per heavy atom. The van der Waals surface area contributed by atoms with Crippen LogP contribution in [0.2, 0.25) is 0 Å². The molecule has 1 aliphatic carbocycles. The fourth-order valence-corrected chi connectivity index (χ4v) is 2.90. The molecule has 0 radical (unpaired) electrons. The van der Waals surface area contributed by atoms with Crippen molar-refractivity contribution in [2.75, 3.05) is 0 Å². The van der Waals surface area contributed by atoms with Crippen LogP contribution in [0.5, 0.6) is 0 Å². The first kappa shape index (κ1) is 13.8. The lowest BCUT2D eigenvalue weighted by Crippen LogP contribution is -2.40. The number of amides is 1. The Morgan fingerprint density at radius 3 is 2.52 bits per heavy atom. The zero-order valence-corrected chi connectivity index (χ0v) is 12.0. The van der Waals surface area contributed by atoms with Gasteiger partial charge in [-0.05, 0) is 30.0 Å². The van der Waals surface area contributed by atoms with Crippen LogP contribution in [0.15, 0.2) is 54.6 Å². The maximum Gasteiger partial charge on any atom is 0.227 e. The van der Waals surface area contributed by atoms with Crippen LogP contribution in [-0.2, 0) is 11.2 Å². The summed E-state index contributed by atoms with van der Waals surface area (Å²) in [4.78, 5) is 12.4. The lowest BCUT2D eigenvalue weighted by Gasteiger charge is -2.20. The fraction of sp³-hybridized carbons (Fsp3) is 0.278. The van der Waals surface area contributed by atoms with Crippen LogP contribution < -0.4 is 5.32 Å². The first-order valence-corrected chi connectivity index (χ1v) is 7.28. The van der Waals surface area contributed by atoms with Gasteiger partial charge in [0.05, 0.1) is 18.1 Å². The van der Waals surface area contributed by atoms with Crippen LogP contribution in [0.25, 0.3) is 0 Å². The van der Waals surface area contributed by atoms with Gasteiger partial charge >= 0.3 is 0 Å². The van der Waals surface area contributed by atoms with Crippen molar-refractivity contribution < 1.29 is 9.90 Å². The van der Waals surface area contributed by atoms with Crippen LogP contribution in [0.1, 0.15) is 35.6 Å². The van der Waals surface area contributed by atoms with Gasteiger partial charge in [-0.1, -0.05) is 54.6 Å². The van der Waals surface area contributed by atoms with E-state index in [9.17, 15) is 9.90 Å². The van der Waals surface area contributed by atoms with E-state index < -0.39 is 6.10 Å². The zero-order valence-electron chi connectivity index (χ0n) is 12.0. The van der Waals surface area contributed by atoms with Gasteiger partial charge in [0.25, 0.3) is 0 Å². The van der Waals surface area contributed by atoms with Crippen molar-refractivity contribution in [1.82, 2.24) is 5.32 Å². The Hall–Kier alpha value is -2.13. The number of nitrogens with one attached hydrogen (secondary N) is 1. The number of aliphatic hydroxyl groups is 1. The molecule has 0 spiro atoms. The van der Waals surface area contributed by atoms with Crippen LogP contribution in [-0.4, -0.2) is 17.1 Å². The van der Waals surface area contributed by atoms with E-state index in [1.165, 1.54) is 0 Å². The molecule has 1 unspecified atom stereocenters. The number of carbonyl (C=O) groups excluding carboxylic acids is 1. The molecule has 0 aliphatic heterocycles. The van der Waals surface area contributed by atoms with Crippen LogP contribution >= 0.6 is 0 Å². The summed E-state index contributed by atoms with van der Waals surface area (Å²) in [6.45, 7) is 1.89. The molecule has 2 aromatic carbocycles. The van der Waals surface area contributed by atoms with Crippen molar-refractivity contribution >= 4 is 5.91 Å². The summed E-state index contributed by atoms with van der Waals surface area (Å²) in [7, 11) is 0. The summed E-state index contributed by atoms with van der Waals surface area (Å²) in [6.07, 6.45) is 0.0676.